The van der Waals surface area contributed by atoms with E-state index < -0.39 is 12.1 Å². The lowest BCUT2D eigenvalue weighted by Crippen LogP contribution is -2.03. The fourth-order valence-corrected chi connectivity index (χ4v) is 0.940. The number of aromatic nitrogens is 1. The van der Waals surface area contributed by atoms with E-state index in [1.54, 1.807) is 12.1 Å². The highest BCUT2D eigenvalue weighted by atomic mass is 16.5. The van der Waals surface area contributed by atoms with Crippen molar-refractivity contribution < 1.29 is 14.6 Å². The normalized spacial score (nSPS) is 11.9. The minimum atomic E-state index is -0.804. The number of carbonyl (C=O) groups excluding carboxylic acids is 1. The van der Waals surface area contributed by atoms with Crippen LogP contribution in [0.4, 0.5) is 0 Å². The quantitative estimate of drug-likeness (QED) is 0.576. The average Bonchev–Trinajstić information content (AvgIpc) is 2.27. The third-order valence-corrected chi connectivity index (χ3v) is 1.73. The smallest absolute Gasteiger partial charge is 0.339 e. The van der Waals surface area contributed by atoms with Crippen LogP contribution in [0.3, 0.4) is 0 Å². The third kappa shape index (κ3) is 2.17. The zero-order valence-electron chi connectivity index (χ0n) is 7.80. The molecule has 0 fully saturated rings. The molecular weight excluding hydrogens is 182 g/mol. The predicted octanol–water partition coefficient (Wildman–Crippen LogP) is 1.09. The molecule has 1 aromatic heterocycles. The Morgan fingerprint density at radius 3 is 2.86 bits per heavy atom. The van der Waals surface area contributed by atoms with Crippen LogP contribution in [0, 0.1) is 0 Å². The number of hydrogen-bond acceptors (Lipinski definition) is 4. The molecule has 1 unspecified atom stereocenters. The van der Waals surface area contributed by atoms with Gasteiger partial charge in [-0.05, 0) is 12.1 Å². The van der Waals surface area contributed by atoms with Crippen molar-refractivity contribution in [1.29, 1.82) is 0 Å². The van der Waals surface area contributed by atoms with Crippen LogP contribution in [-0.2, 0) is 4.74 Å². The van der Waals surface area contributed by atoms with Gasteiger partial charge in [0.25, 0.3) is 0 Å². The van der Waals surface area contributed by atoms with Gasteiger partial charge >= 0.3 is 5.97 Å². The van der Waals surface area contributed by atoms with Crippen molar-refractivity contribution in [2.24, 2.45) is 0 Å². The molecule has 4 nitrogen and oxygen atoms in total. The van der Waals surface area contributed by atoms with E-state index in [1.165, 1.54) is 19.4 Å². The van der Waals surface area contributed by atoms with Gasteiger partial charge in [-0.3, -0.25) is 4.98 Å². The van der Waals surface area contributed by atoms with E-state index in [0.29, 0.717) is 11.3 Å². The fraction of sp³-hybridized carbons (Fsp3) is 0.200. The molecule has 0 aliphatic carbocycles. The van der Waals surface area contributed by atoms with Crippen LogP contribution in [0.15, 0.2) is 31.0 Å². The number of esters is 1. The van der Waals surface area contributed by atoms with Crippen molar-refractivity contribution in [2.75, 3.05) is 7.11 Å². The van der Waals surface area contributed by atoms with E-state index in [-0.39, 0.29) is 0 Å². The van der Waals surface area contributed by atoms with Gasteiger partial charge in [-0.2, -0.15) is 0 Å². The molecule has 0 saturated heterocycles. The van der Waals surface area contributed by atoms with Crippen LogP contribution in [0.2, 0.25) is 0 Å². The molecule has 1 rings (SSSR count). The molecule has 0 spiro atoms. The number of aliphatic hydroxyl groups is 1. The summed E-state index contributed by atoms with van der Waals surface area (Å²) in [5.41, 5.74) is 0.806. The summed E-state index contributed by atoms with van der Waals surface area (Å²) < 4.78 is 4.50. The molecule has 0 aliphatic rings. The summed E-state index contributed by atoms with van der Waals surface area (Å²) in [6.45, 7) is 3.43. The Kier molecular flexibility index (Phi) is 3.36. The SMILES string of the molecule is C=CC(O)c1ccc(C(=O)OC)cn1. The molecule has 1 atom stereocenters. The Morgan fingerprint density at radius 1 is 1.71 bits per heavy atom. The topological polar surface area (TPSA) is 59.4 Å². The lowest BCUT2D eigenvalue weighted by molar-refractivity contribution is 0.0600. The average molecular weight is 193 g/mol. The highest BCUT2D eigenvalue weighted by molar-refractivity contribution is 5.88. The second-order valence-electron chi connectivity index (χ2n) is 2.64. The molecule has 1 heterocycles. The first-order chi connectivity index (χ1) is 6.69. The van der Waals surface area contributed by atoms with Crippen molar-refractivity contribution in [3.8, 4) is 0 Å². The van der Waals surface area contributed by atoms with Crippen LogP contribution in [-0.4, -0.2) is 23.2 Å². The van der Waals surface area contributed by atoms with Gasteiger partial charge in [-0.15, -0.1) is 6.58 Å². The Bertz CT molecular complexity index is 332. The van der Waals surface area contributed by atoms with Gasteiger partial charge < -0.3 is 9.84 Å². The Hall–Kier alpha value is -1.68. The molecule has 0 bridgehead atoms. The van der Waals surface area contributed by atoms with E-state index >= 15 is 0 Å². The van der Waals surface area contributed by atoms with Crippen molar-refractivity contribution in [3.05, 3.63) is 42.2 Å². The number of carbonyl (C=O) groups is 1. The van der Waals surface area contributed by atoms with E-state index in [2.05, 4.69) is 16.3 Å². The monoisotopic (exact) mass is 193 g/mol. The molecule has 0 saturated carbocycles. The first-order valence-corrected chi connectivity index (χ1v) is 4.04. The summed E-state index contributed by atoms with van der Waals surface area (Å²) in [6, 6.07) is 3.10. The number of pyridine rings is 1. The molecule has 0 radical (unpaired) electrons. The van der Waals surface area contributed by atoms with Crippen LogP contribution in [0.1, 0.15) is 22.2 Å². The number of nitrogens with zero attached hydrogens (tertiary/aromatic N) is 1. The maximum Gasteiger partial charge on any atom is 0.339 e. The number of aliphatic hydroxyl groups excluding tert-OH is 1. The zero-order valence-corrected chi connectivity index (χ0v) is 7.80. The third-order valence-electron chi connectivity index (χ3n) is 1.73. The first kappa shape index (κ1) is 10.4. The Balaban J connectivity index is 2.88. The van der Waals surface area contributed by atoms with E-state index in [1.807, 2.05) is 0 Å². The maximum absolute atomic E-state index is 11.0. The minimum absolute atomic E-state index is 0.354. The van der Waals surface area contributed by atoms with Crippen molar-refractivity contribution in [3.63, 3.8) is 0 Å². The van der Waals surface area contributed by atoms with E-state index in [0.717, 1.165) is 0 Å². The standard InChI is InChI=1S/C10H11NO3/c1-3-9(12)8-5-4-7(6-11-8)10(13)14-2/h3-6,9,12H,1H2,2H3. The molecule has 4 heteroatoms. The van der Waals surface area contributed by atoms with Crippen molar-refractivity contribution in [1.82, 2.24) is 4.98 Å². The molecule has 0 amide bonds. The van der Waals surface area contributed by atoms with Gasteiger partial charge in [-0.25, -0.2) is 4.79 Å². The molecule has 0 aliphatic heterocycles. The van der Waals surface area contributed by atoms with Crippen LogP contribution >= 0.6 is 0 Å². The summed E-state index contributed by atoms with van der Waals surface area (Å²) in [5, 5.41) is 9.32. The van der Waals surface area contributed by atoms with Gasteiger partial charge in [0, 0.05) is 6.20 Å². The van der Waals surface area contributed by atoms with E-state index in [9.17, 15) is 9.90 Å². The molecule has 1 aromatic rings. The van der Waals surface area contributed by atoms with Gasteiger partial charge in [0.15, 0.2) is 0 Å². The van der Waals surface area contributed by atoms with Gasteiger partial charge in [0.1, 0.15) is 6.10 Å². The first-order valence-electron chi connectivity index (χ1n) is 4.04. The van der Waals surface area contributed by atoms with Gasteiger partial charge in [0.2, 0.25) is 0 Å². The molecule has 14 heavy (non-hydrogen) atoms. The lowest BCUT2D eigenvalue weighted by atomic mass is 10.2. The van der Waals surface area contributed by atoms with Crippen molar-refractivity contribution >= 4 is 5.97 Å². The zero-order chi connectivity index (χ0) is 10.6. The van der Waals surface area contributed by atoms with Crippen LogP contribution in [0.5, 0.6) is 0 Å². The van der Waals surface area contributed by atoms with Gasteiger partial charge in [-0.1, -0.05) is 6.08 Å². The molecule has 1 N–H and O–H groups in total. The highest BCUT2D eigenvalue weighted by Crippen LogP contribution is 2.11. The summed E-state index contributed by atoms with van der Waals surface area (Å²) in [5.74, 6) is -0.447. The predicted molar refractivity (Wildman–Crippen MR) is 50.7 cm³/mol. The number of rotatable bonds is 3. The summed E-state index contributed by atoms with van der Waals surface area (Å²) >= 11 is 0. The van der Waals surface area contributed by atoms with Crippen LogP contribution < -0.4 is 0 Å². The Labute approximate surface area is 81.9 Å². The number of methoxy groups -OCH3 is 1. The lowest BCUT2D eigenvalue weighted by Gasteiger charge is -2.04. The largest absolute Gasteiger partial charge is 0.465 e. The Morgan fingerprint density at radius 2 is 2.43 bits per heavy atom. The molecular formula is C10H11NO3. The van der Waals surface area contributed by atoms with Gasteiger partial charge in [0.05, 0.1) is 18.4 Å². The minimum Gasteiger partial charge on any atom is -0.465 e. The summed E-state index contributed by atoms with van der Waals surface area (Å²) in [6.07, 6.45) is 1.91. The summed E-state index contributed by atoms with van der Waals surface area (Å²) in [4.78, 5) is 14.9. The second-order valence-corrected chi connectivity index (χ2v) is 2.64. The number of ether oxygens (including phenoxy) is 1. The summed E-state index contributed by atoms with van der Waals surface area (Å²) in [7, 11) is 1.30. The van der Waals surface area contributed by atoms with Crippen molar-refractivity contribution in [2.45, 2.75) is 6.10 Å². The number of hydrogen-bond donors (Lipinski definition) is 1. The van der Waals surface area contributed by atoms with E-state index in [4.69, 9.17) is 0 Å². The fourth-order valence-electron chi connectivity index (χ4n) is 0.940. The van der Waals surface area contributed by atoms with Crippen LogP contribution in [0.25, 0.3) is 0 Å². The molecule has 74 valence electrons. The molecule has 0 aromatic carbocycles. The highest BCUT2D eigenvalue weighted by Gasteiger charge is 2.08. The second kappa shape index (κ2) is 4.53. The maximum atomic E-state index is 11.0.